The molecule has 0 saturated carbocycles. The third kappa shape index (κ3) is 41.2. The lowest BCUT2D eigenvalue weighted by Gasteiger charge is -2.27. The standard InChI is InChI=1S/C53H97NO5/c1-3-5-7-9-11-13-15-17-18-19-20-21-22-23-24-25-26-27-28-29-30-31-32-33-34-35-37-38-40-42-44-46-50(56)52(58)49(48-55)54-53(59)51(57)47-45-43-41-39-36-16-14-12-10-8-6-4-2/h29-30,33-34,36,38-40,43,45,49-52,55-58H,3-28,31-32,35,37,41-42,44,46-48H2,1-2H3,(H,54,59)/b30-29+,34-33+,39-36-,40-38+,45-43-. The first-order chi connectivity index (χ1) is 29.0. The van der Waals surface area contributed by atoms with Gasteiger partial charge in [0.05, 0.1) is 18.8 Å². The molecule has 0 saturated heterocycles. The Labute approximate surface area is 365 Å². The Balaban J connectivity index is 3.75. The maximum Gasteiger partial charge on any atom is 0.249 e. The molecule has 0 bridgehead atoms. The van der Waals surface area contributed by atoms with Crippen molar-refractivity contribution in [2.45, 2.75) is 263 Å². The Kier molecular flexibility index (Phi) is 45.5. The number of amides is 1. The summed E-state index contributed by atoms with van der Waals surface area (Å²) in [5.74, 6) is -0.668. The number of aliphatic hydroxyl groups excluding tert-OH is 4. The largest absolute Gasteiger partial charge is 0.394 e. The molecule has 4 unspecified atom stereocenters. The van der Waals surface area contributed by atoms with Gasteiger partial charge in [-0.15, -0.1) is 0 Å². The number of nitrogens with one attached hydrogen (secondary N) is 1. The van der Waals surface area contributed by atoms with Crippen LogP contribution in [-0.4, -0.2) is 57.3 Å². The number of carbonyl (C=O) groups is 1. The molecule has 4 atom stereocenters. The third-order valence-electron chi connectivity index (χ3n) is 11.4. The molecule has 0 aromatic carbocycles. The lowest BCUT2D eigenvalue weighted by atomic mass is 10.0. The summed E-state index contributed by atoms with van der Waals surface area (Å²) in [6, 6.07) is -1.04. The number of carbonyl (C=O) groups excluding carboxylic acids is 1. The predicted octanol–water partition coefficient (Wildman–Crippen LogP) is 14.0. The van der Waals surface area contributed by atoms with Crippen LogP contribution in [0.2, 0.25) is 0 Å². The topological polar surface area (TPSA) is 110 Å². The second kappa shape index (κ2) is 47.1. The minimum atomic E-state index is -1.32. The molecule has 0 aliphatic rings. The Hall–Kier alpha value is -1.99. The van der Waals surface area contributed by atoms with E-state index in [9.17, 15) is 25.2 Å². The average molecular weight is 828 g/mol. The molecule has 59 heavy (non-hydrogen) atoms. The van der Waals surface area contributed by atoms with Gasteiger partial charge in [-0.05, 0) is 77.0 Å². The van der Waals surface area contributed by atoms with E-state index in [1.807, 2.05) is 6.08 Å². The molecule has 0 rings (SSSR count). The summed E-state index contributed by atoms with van der Waals surface area (Å²) >= 11 is 0. The molecule has 0 radical (unpaired) electrons. The second-order valence-corrected chi connectivity index (χ2v) is 17.1. The van der Waals surface area contributed by atoms with E-state index in [0.717, 1.165) is 44.9 Å². The van der Waals surface area contributed by atoms with Gasteiger partial charge in [0.1, 0.15) is 12.2 Å². The molecule has 0 spiro atoms. The normalized spacial score (nSPS) is 14.5. The maximum atomic E-state index is 12.4. The minimum Gasteiger partial charge on any atom is -0.394 e. The van der Waals surface area contributed by atoms with Gasteiger partial charge in [0, 0.05) is 6.42 Å². The van der Waals surface area contributed by atoms with Crippen molar-refractivity contribution < 1.29 is 25.2 Å². The molecule has 5 N–H and O–H groups in total. The van der Waals surface area contributed by atoms with Crippen molar-refractivity contribution in [3.8, 4) is 0 Å². The third-order valence-corrected chi connectivity index (χ3v) is 11.4. The molecular formula is C53H97NO5. The van der Waals surface area contributed by atoms with E-state index in [0.29, 0.717) is 12.8 Å². The highest BCUT2D eigenvalue weighted by Crippen LogP contribution is 2.15. The number of allylic oxidation sites excluding steroid dienone is 9. The quantitative estimate of drug-likeness (QED) is 0.0310. The molecule has 6 heteroatoms. The number of unbranched alkanes of at least 4 members (excludes halogenated alkanes) is 27. The fourth-order valence-corrected chi connectivity index (χ4v) is 7.42. The van der Waals surface area contributed by atoms with Gasteiger partial charge in [-0.25, -0.2) is 0 Å². The van der Waals surface area contributed by atoms with Crippen LogP contribution in [0.5, 0.6) is 0 Å². The second-order valence-electron chi connectivity index (χ2n) is 17.1. The SMILES string of the molecule is CCCCCCCC/C=C\C/C=C\CC(O)C(=O)NC(CO)C(O)C(O)CCC/C=C/CC/C=C/CC/C=C/CCCCCCCCCCCCCCCCCCCC. The fraction of sp³-hybridized carbons (Fsp3) is 0.792. The summed E-state index contributed by atoms with van der Waals surface area (Å²) in [5, 5.41) is 43.5. The Morgan fingerprint density at radius 2 is 0.780 bits per heavy atom. The number of hydrogen-bond acceptors (Lipinski definition) is 5. The molecule has 0 aliphatic heterocycles. The lowest BCUT2D eigenvalue weighted by molar-refractivity contribution is -0.132. The van der Waals surface area contributed by atoms with Crippen LogP contribution in [0.25, 0.3) is 0 Å². The molecule has 0 aliphatic carbocycles. The monoisotopic (exact) mass is 828 g/mol. The van der Waals surface area contributed by atoms with E-state index >= 15 is 0 Å². The van der Waals surface area contributed by atoms with Crippen molar-refractivity contribution in [2.75, 3.05) is 6.61 Å². The Morgan fingerprint density at radius 1 is 0.441 bits per heavy atom. The summed E-state index contributed by atoms with van der Waals surface area (Å²) in [7, 11) is 0. The molecular weight excluding hydrogens is 731 g/mol. The van der Waals surface area contributed by atoms with Crippen molar-refractivity contribution in [3.05, 3.63) is 60.8 Å². The highest BCUT2D eigenvalue weighted by molar-refractivity contribution is 5.81. The number of rotatable bonds is 45. The Bertz CT molecular complexity index is 1020. The first-order valence-electron chi connectivity index (χ1n) is 25.2. The van der Waals surface area contributed by atoms with Gasteiger partial charge in [-0.1, -0.05) is 216 Å². The molecule has 0 fully saturated rings. The van der Waals surface area contributed by atoms with Crippen LogP contribution in [0.15, 0.2) is 60.8 Å². The summed E-state index contributed by atoms with van der Waals surface area (Å²) in [5.41, 5.74) is 0. The van der Waals surface area contributed by atoms with Crippen molar-refractivity contribution in [1.29, 1.82) is 0 Å². The van der Waals surface area contributed by atoms with Crippen LogP contribution in [-0.2, 0) is 4.79 Å². The van der Waals surface area contributed by atoms with E-state index in [1.165, 1.54) is 161 Å². The van der Waals surface area contributed by atoms with Gasteiger partial charge < -0.3 is 25.7 Å². The smallest absolute Gasteiger partial charge is 0.249 e. The van der Waals surface area contributed by atoms with E-state index in [4.69, 9.17) is 0 Å². The van der Waals surface area contributed by atoms with E-state index in [2.05, 4.69) is 67.8 Å². The summed E-state index contributed by atoms with van der Waals surface area (Å²) < 4.78 is 0. The van der Waals surface area contributed by atoms with Crippen LogP contribution in [0.1, 0.15) is 239 Å². The van der Waals surface area contributed by atoms with Crippen LogP contribution in [0.4, 0.5) is 0 Å². The van der Waals surface area contributed by atoms with Crippen molar-refractivity contribution in [1.82, 2.24) is 5.32 Å². The van der Waals surface area contributed by atoms with Gasteiger partial charge in [0.25, 0.3) is 0 Å². The summed E-state index contributed by atoms with van der Waals surface area (Å²) in [6.07, 6.45) is 60.3. The van der Waals surface area contributed by atoms with Crippen molar-refractivity contribution in [3.63, 3.8) is 0 Å². The van der Waals surface area contributed by atoms with E-state index in [1.54, 1.807) is 6.08 Å². The van der Waals surface area contributed by atoms with Gasteiger partial charge in [0.2, 0.25) is 5.91 Å². The molecule has 0 aromatic rings. The molecule has 6 nitrogen and oxygen atoms in total. The van der Waals surface area contributed by atoms with E-state index < -0.39 is 36.9 Å². The molecule has 344 valence electrons. The molecule has 0 aromatic heterocycles. The van der Waals surface area contributed by atoms with Gasteiger partial charge in [-0.3, -0.25) is 4.79 Å². The lowest BCUT2D eigenvalue weighted by Crippen LogP contribution is -2.52. The highest BCUT2D eigenvalue weighted by Gasteiger charge is 2.28. The van der Waals surface area contributed by atoms with Gasteiger partial charge in [-0.2, -0.15) is 0 Å². The zero-order chi connectivity index (χ0) is 43.1. The van der Waals surface area contributed by atoms with Gasteiger partial charge in [0.15, 0.2) is 0 Å². The van der Waals surface area contributed by atoms with Crippen LogP contribution >= 0.6 is 0 Å². The molecule has 1 amide bonds. The minimum absolute atomic E-state index is 0.146. The van der Waals surface area contributed by atoms with Gasteiger partial charge >= 0.3 is 0 Å². The van der Waals surface area contributed by atoms with Crippen LogP contribution < -0.4 is 5.32 Å². The summed E-state index contributed by atoms with van der Waals surface area (Å²) in [4.78, 5) is 12.4. The first-order valence-corrected chi connectivity index (χ1v) is 25.2. The number of aliphatic hydroxyl groups is 4. The maximum absolute atomic E-state index is 12.4. The zero-order valence-corrected chi connectivity index (χ0v) is 38.7. The van der Waals surface area contributed by atoms with Crippen LogP contribution in [0.3, 0.4) is 0 Å². The molecule has 0 heterocycles. The first kappa shape index (κ1) is 57.0. The van der Waals surface area contributed by atoms with E-state index in [-0.39, 0.29) is 6.42 Å². The predicted molar refractivity (Wildman–Crippen MR) is 256 cm³/mol. The summed E-state index contributed by atoms with van der Waals surface area (Å²) in [6.45, 7) is 3.99. The Morgan fingerprint density at radius 3 is 1.19 bits per heavy atom. The van der Waals surface area contributed by atoms with Crippen molar-refractivity contribution in [2.24, 2.45) is 0 Å². The zero-order valence-electron chi connectivity index (χ0n) is 38.7. The van der Waals surface area contributed by atoms with Crippen LogP contribution in [0, 0.1) is 0 Å². The average Bonchev–Trinajstić information content (AvgIpc) is 3.24. The van der Waals surface area contributed by atoms with Crippen molar-refractivity contribution >= 4 is 5.91 Å². The highest BCUT2D eigenvalue weighted by atomic mass is 16.3. The number of hydrogen-bond donors (Lipinski definition) is 5. The fourth-order valence-electron chi connectivity index (χ4n) is 7.42.